The average Bonchev–Trinajstić information content (AvgIpc) is 2.73. The summed E-state index contributed by atoms with van der Waals surface area (Å²) in [6.07, 6.45) is 0.704. The van der Waals surface area contributed by atoms with Crippen molar-refractivity contribution in [3.63, 3.8) is 0 Å². The molecule has 3 nitrogen and oxygen atoms in total. The number of carbonyl (C=O) groups is 1. The molecule has 1 aromatic heterocycles. The Balaban J connectivity index is 2.20. The Labute approximate surface area is 83.9 Å². The Morgan fingerprint density at radius 3 is 2.85 bits per heavy atom. The zero-order valence-corrected chi connectivity index (χ0v) is 8.67. The molecular formula is C9H9BrO3. The summed E-state index contributed by atoms with van der Waals surface area (Å²) in [7, 11) is 0. The fourth-order valence-electron chi connectivity index (χ4n) is 1.58. The van der Waals surface area contributed by atoms with Gasteiger partial charge in [-0.3, -0.25) is 4.79 Å². The summed E-state index contributed by atoms with van der Waals surface area (Å²) >= 11 is 3.22. The first kappa shape index (κ1) is 8.81. The van der Waals surface area contributed by atoms with Gasteiger partial charge >= 0.3 is 5.97 Å². The molecule has 1 heterocycles. The summed E-state index contributed by atoms with van der Waals surface area (Å²) in [5.41, 5.74) is 1.03. The highest BCUT2D eigenvalue weighted by Gasteiger charge is 2.47. The van der Waals surface area contributed by atoms with Gasteiger partial charge in [0.15, 0.2) is 4.67 Å². The van der Waals surface area contributed by atoms with E-state index >= 15 is 0 Å². The van der Waals surface area contributed by atoms with E-state index in [9.17, 15) is 4.79 Å². The number of rotatable bonds is 2. The normalized spacial score (nSPS) is 26.0. The van der Waals surface area contributed by atoms with Gasteiger partial charge in [0.1, 0.15) is 5.76 Å². The van der Waals surface area contributed by atoms with Gasteiger partial charge in [-0.25, -0.2) is 0 Å². The van der Waals surface area contributed by atoms with E-state index in [0.29, 0.717) is 11.1 Å². The quantitative estimate of drug-likeness (QED) is 0.870. The van der Waals surface area contributed by atoms with Gasteiger partial charge in [-0.1, -0.05) is 0 Å². The smallest absolute Gasteiger partial charge is 0.307 e. The second-order valence-corrected chi connectivity index (χ2v) is 4.17. The minimum atomic E-state index is -0.725. The SMILES string of the molecule is Cc1cc(Br)oc1C1CC1C(=O)O. The number of hydrogen-bond donors (Lipinski definition) is 1. The number of aryl methyl sites for hydroxylation is 1. The van der Waals surface area contributed by atoms with Crippen molar-refractivity contribution in [1.82, 2.24) is 0 Å². The van der Waals surface area contributed by atoms with E-state index in [0.717, 1.165) is 11.3 Å². The maximum atomic E-state index is 10.6. The van der Waals surface area contributed by atoms with Crippen LogP contribution in [-0.2, 0) is 4.79 Å². The first-order valence-corrected chi connectivity index (χ1v) is 4.87. The van der Waals surface area contributed by atoms with E-state index in [1.54, 1.807) is 0 Å². The molecule has 1 aromatic rings. The molecule has 0 saturated heterocycles. The lowest BCUT2D eigenvalue weighted by atomic mass is 10.2. The van der Waals surface area contributed by atoms with E-state index in [1.165, 1.54) is 0 Å². The van der Waals surface area contributed by atoms with Crippen molar-refractivity contribution in [2.45, 2.75) is 19.3 Å². The molecule has 0 aromatic carbocycles. The number of hydrogen-bond acceptors (Lipinski definition) is 2. The summed E-state index contributed by atoms with van der Waals surface area (Å²) < 4.78 is 6.05. The predicted molar refractivity (Wildman–Crippen MR) is 49.6 cm³/mol. The van der Waals surface area contributed by atoms with Gasteiger partial charge in [0.25, 0.3) is 0 Å². The highest BCUT2D eigenvalue weighted by molar-refractivity contribution is 9.10. The van der Waals surface area contributed by atoms with Gasteiger partial charge in [0.2, 0.25) is 0 Å². The van der Waals surface area contributed by atoms with E-state index in [4.69, 9.17) is 9.52 Å². The zero-order chi connectivity index (χ0) is 9.59. The first-order chi connectivity index (χ1) is 6.09. The van der Waals surface area contributed by atoms with Crippen LogP contribution in [0.25, 0.3) is 0 Å². The molecule has 2 rings (SSSR count). The second-order valence-electron chi connectivity index (χ2n) is 3.38. The summed E-state index contributed by atoms with van der Waals surface area (Å²) in [5.74, 6) is -0.0586. The largest absolute Gasteiger partial charge is 0.481 e. The maximum absolute atomic E-state index is 10.6. The van der Waals surface area contributed by atoms with Gasteiger partial charge < -0.3 is 9.52 Å². The Kier molecular flexibility index (Phi) is 1.95. The van der Waals surface area contributed by atoms with E-state index in [-0.39, 0.29) is 11.8 Å². The Bertz CT molecular complexity index is 356. The molecule has 1 aliphatic carbocycles. The maximum Gasteiger partial charge on any atom is 0.307 e. The standard InChI is InChI=1S/C9H9BrO3/c1-4-2-7(10)13-8(4)5-3-6(5)9(11)12/h2,5-6H,3H2,1H3,(H,11,12). The monoisotopic (exact) mass is 244 g/mol. The van der Waals surface area contributed by atoms with Gasteiger partial charge in [-0.05, 0) is 40.9 Å². The number of carboxylic acid groups (broad SMARTS) is 1. The summed E-state index contributed by atoms with van der Waals surface area (Å²) in [6.45, 7) is 1.93. The number of halogens is 1. The van der Waals surface area contributed by atoms with Crippen LogP contribution >= 0.6 is 15.9 Å². The molecule has 1 fully saturated rings. The van der Waals surface area contributed by atoms with E-state index < -0.39 is 5.97 Å². The summed E-state index contributed by atoms with van der Waals surface area (Å²) in [4.78, 5) is 10.6. The lowest BCUT2D eigenvalue weighted by Crippen LogP contribution is -1.98. The third-order valence-electron chi connectivity index (χ3n) is 2.37. The fourth-order valence-corrected chi connectivity index (χ4v) is 2.10. The summed E-state index contributed by atoms with van der Waals surface area (Å²) in [5, 5.41) is 8.73. The molecule has 13 heavy (non-hydrogen) atoms. The van der Waals surface area contributed by atoms with Crippen molar-refractivity contribution in [2.75, 3.05) is 0 Å². The van der Waals surface area contributed by atoms with Crippen molar-refractivity contribution < 1.29 is 14.3 Å². The molecule has 4 heteroatoms. The van der Waals surface area contributed by atoms with Crippen LogP contribution in [0.1, 0.15) is 23.7 Å². The third kappa shape index (κ3) is 1.50. The number of carboxylic acids is 1. The number of furan rings is 1. The van der Waals surface area contributed by atoms with Crippen molar-refractivity contribution in [1.29, 1.82) is 0 Å². The van der Waals surface area contributed by atoms with Gasteiger partial charge in [-0.2, -0.15) is 0 Å². The van der Waals surface area contributed by atoms with Crippen LogP contribution in [0.3, 0.4) is 0 Å². The molecule has 0 bridgehead atoms. The molecule has 2 atom stereocenters. The Morgan fingerprint density at radius 1 is 1.77 bits per heavy atom. The molecule has 0 amide bonds. The average molecular weight is 245 g/mol. The summed E-state index contributed by atoms with van der Waals surface area (Å²) in [6, 6.07) is 1.87. The first-order valence-electron chi connectivity index (χ1n) is 4.08. The van der Waals surface area contributed by atoms with Gasteiger partial charge in [0, 0.05) is 5.92 Å². The lowest BCUT2D eigenvalue weighted by Gasteiger charge is -1.93. The van der Waals surface area contributed by atoms with Crippen LogP contribution in [0, 0.1) is 12.8 Å². The van der Waals surface area contributed by atoms with Crippen molar-refractivity contribution in [3.8, 4) is 0 Å². The second kappa shape index (κ2) is 2.87. The molecule has 70 valence electrons. The van der Waals surface area contributed by atoms with E-state index in [2.05, 4.69) is 15.9 Å². The minimum absolute atomic E-state index is 0.0869. The fraction of sp³-hybridized carbons (Fsp3) is 0.444. The van der Waals surface area contributed by atoms with Crippen molar-refractivity contribution >= 4 is 21.9 Å². The van der Waals surface area contributed by atoms with Crippen LogP contribution in [0.2, 0.25) is 0 Å². The van der Waals surface area contributed by atoms with Crippen LogP contribution in [0.4, 0.5) is 0 Å². The van der Waals surface area contributed by atoms with E-state index in [1.807, 2.05) is 13.0 Å². The van der Waals surface area contributed by atoms with Gasteiger partial charge in [0.05, 0.1) is 5.92 Å². The lowest BCUT2D eigenvalue weighted by molar-refractivity contribution is -0.138. The van der Waals surface area contributed by atoms with Gasteiger partial charge in [-0.15, -0.1) is 0 Å². The highest BCUT2D eigenvalue weighted by atomic mass is 79.9. The number of aliphatic carboxylic acids is 1. The zero-order valence-electron chi connectivity index (χ0n) is 7.08. The van der Waals surface area contributed by atoms with Crippen LogP contribution in [0.5, 0.6) is 0 Å². The minimum Gasteiger partial charge on any atom is -0.481 e. The third-order valence-corrected chi connectivity index (χ3v) is 2.76. The molecule has 1 saturated carbocycles. The Hall–Kier alpha value is -0.770. The molecule has 0 spiro atoms. The van der Waals surface area contributed by atoms with Crippen LogP contribution in [-0.4, -0.2) is 11.1 Å². The topological polar surface area (TPSA) is 50.4 Å². The van der Waals surface area contributed by atoms with Crippen LogP contribution in [0.15, 0.2) is 15.2 Å². The Morgan fingerprint density at radius 2 is 2.46 bits per heavy atom. The molecule has 0 aliphatic heterocycles. The molecule has 2 unspecified atom stereocenters. The molecule has 1 aliphatic rings. The molecule has 1 N–H and O–H groups in total. The molecular weight excluding hydrogens is 236 g/mol. The molecule has 0 radical (unpaired) electrons. The van der Waals surface area contributed by atoms with Crippen molar-refractivity contribution in [3.05, 3.63) is 22.1 Å². The predicted octanol–water partition coefficient (Wildman–Crippen LogP) is 2.54. The highest BCUT2D eigenvalue weighted by Crippen LogP contribution is 2.49. The van der Waals surface area contributed by atoms with Crippen molar-refractivity contribution in [2.24, 2.45) is 5.92 Å². The van der Waals surface area contributed by atoms with Crippen LogP contribution < -0.4 is 0 Å².